The molecule has 0 saturated heterocycles. The van der Waals surface area contributed by atoms with Crippen molar-refractivity contribution in [3.8, 4) is 0 Å². The number of nitrogens with two attached hydrogens (primary N) is 1. The third-order valence-corrected chi connectivity index (χ3v) is 2.57. The van der Waals surface area contributed by atoms with E-state index in [2.05, 4.69) is 17.3 Å². The van der Waals surface area contributed by atoms with Crippen LogP contribution in [0.25, 0.3) is 0 Å². The zero-order valence-electron chi connectivity index (χ0n) is 8.78. The Morgan fingerprint density at radius 1 is 1.67 bits per heavy atom. The molecule has 0 aliphatic heterocycles. The summed E-state index contributed by atoms with van der Waals surface area (Å²) in [7, 11) is 0. The molecule has 0 aromatic rings. The predicted molar refractivity (Wildman–Crippen MR) is 57.7 cm³/mol. The molecule has 5 nitrogen and oxygen atoms in total. The molecule has 1 fully saturated rings. The number of aliphatic hydroxyl groups is 1. The van der Waals surface area contributed by atoms with Crippen LogP contribution in [0.3, 0.4) is 0 Å². The maximum absolute atomic E-state index is 11.4. The van der Waals surface area contributed by atoms with Crippen LogP contribution < -0.4 is 16.6 Å². The van der Waals surface area contributed by atoms with Crippen LogP contribution in [0.5, 0.6) is 0 Å². The Kier molecular flexibility index (Phi) is 4.74. The Hall–Kier alpha value is -0.910. The fourth-order valence-electron chi connectivity index (χ4n) is 1.46. The highest BCUT2D eigenvalue weighted by molar-refractivity contribution is 5.81. The van der Waals surface area contributed by atoms with E-state index < -0.39 is 12.0 Å². The van der Waals surface area contributed by atoms with Gasteiger partial charge in [-0.25, -0.2) is 0 Å². The molecule has 0 aromatic carbocycles. The molecule has 1 aliphatic carbocycles. The minimum Gasteiger partial charge on any atom is -0.382 e. The molecule has 1 amide bonds. The van der Waals surface area contributed by atoms with E-state index in [-0.39, 0.29) is 6.04 Å². The van der Waals surface area contributed by atoms with Gasteiger partial charge in [0.15, 0.2) is 0 Å². The average Bonchev–Trinajstić information content (AvgIpc) is 3.05. The van der Waals surface area contributed by atoms with Gasteiger partial charge in [-0.05, 0) is 12.3 Å². The summed E-state index contributed by atoms with van der Waals surface area (Å²) >= 11 is 0. The van der Waals surface area contributed by atoms with E-state index in [4.69, 9.17) is 5.84 Å². The van der Waals surface area contributed by atoms with Crippen molar-refractivity contribution in [3.05, 3.63) is 12.7 Å². The Labute approximate surface area is 89.7 Å². The summed E-state index contributed by atoms with van der Waals surface area (Å²) in [6.07, 6.45) is 3.56. The molecule has 0 radical (unpaired) electrons. The number of rotatable bonds is 7. The van der Waals surface area contributed by atoms with Gasteiger partial charge in [0.05, 0.1) is 6.04 Å². The molecule has 5 heteroatoms. The van der Waals surface area contributed by atoms with Gasteiger partial charge in [-0.15, -0.1) is 6.58 Å². The first kappa shape index (κ1) is 12.2. The molecule has 0 heterocycles. The zero-order valence-corrected chi connectivity index (χ0v) is 8.78. The second kappa shape index (κ2) is 5.85. The van der Waals surface area contributed by atoms with Gasteiger partial charge >= 0.3 is 0 Å². The second-order valence-corrected chi connectivity index (χ2v) is 3.93. The number of hydrogen-bond acceptors (Lipinski definition) is 4. The van der Waals surface area contributed by atoms with Crippen LogP contribution in [-0.2, 0) is 4.79 Å². The van der Waals surface area contributed by atoms with Gasteiger partial charge in [0.25, 0.3) is 5.91 Å². The molecule has 2 unspecified atom stereocenters. The highest BCUT2D eigenvalue weighted by Crippen LogP contribution is 2.33. The minimum atomic E-state index is -1.09. The van der Waals surface area contributed by atoms with E-state index in [1.807, 2.05) is 0 Å². The first-order valence-electron chi connectivity index (χ1n) is 5.21. The highest BCUT2D eigenvalue weighted by atomic mass is 16.3. The third-order valence-electron chi connectivity index (χ3n) is 2.57. The van der Waals surface area contributed by atoms with Crippen molar-refractivity contribution < 1.29 is 9.90 Å². The monoisotopic (exact) mass is 213 g/mol. The standard InChI is InChI=1S/C10H19N3O2/c1-2-5-12-10(15)9(14)8(13-11)6-7-3-4-7/h2,7-9,13-14H,1,3-6,11H2,(H,12,15). The number of carbonyl (C=O) groups excluding carboxylic acids is 1. The van der Waals surface area contributed by atoms with Gasteiger partial charge in [0.1, 0.15) is 6.10 Å². The first-order valence-corrected chi connectivity index (χ1v) is 5.21. The predicted octanol–water partition coefficient (Wildman–Crippen LogP) is -0.718. The lowest BCUT2D eigenvalue weighted by atomic mass is 10.0. The molecule has 0 bridgehead atoms. The van der Waals surface area contributed by atoms with E-state index in [9.17, 15) is 9.90 Å². The summed E-state index contributed by atoms with van der Waals surface area (Å²) in [5.74, 6) is 5.51. The van der Waals surface area contributed by atoms with E-state index in [1.54, 1.807) is 6.08 Å². The lowest BCUT2D eigenvalue weighted by Crippen LogP contribution is -2.51. The Morgan fingerprint density at radius 2 is 2.33 bits per heavy atom. The third kappa shape index (κ3) is 3.99. The van der Waals surface area contributed by atoms with Gasteiger partial charge in [-0.3, -0.25) is 16.1 Å². The summed E-state index contributed by atoms with van der Waals surface area (Å²) in [6.45, 7) is 3.84. The molecule has 1 saturated carbocycles. The van der Waals surface area contributed by atoms with Gasteiger partial charge in [-0.1, -0.05) is 18.9 Å². The lowest BCUT2D eigenvalue weighted by molar-refractivity contribution is -0.130. The number of hydrogen-bond donors (Lipinski definition) is 4. The molecule has 15 heavy (non-hydrogen) atoms. The van der Waals surface area contributed by atoms with Crippen molar-refractivity contribution in [3.63, 3.8) is 0 Å². The van der Waals surface area contributed by atoms with Crippen LogP contribution >= 0.6 is 0 Å². The smallest absolute Gasteiger partial charge is 0.250 e. The van der Waals surface area contributed by atoms with Crippen molar-refractivity contribution >= 4 is 5.91 Å². The van der Waals surface area contributed by atoms with Gasteiger partial charge in [0, 0.05) is 6.54 Å². The maximum atomic E-state index is 11.4. The van der Waals surface area contributed by atoms with Crippen LogP contribution in [0, 0.1) is 5.92 Å². The number of aliphatic hydroxyl groups excluding tert-OH is 1. The van der Waals surface area contributed by atoms with Gasteiger partial charge < -0.3 is 10.4 Å². The summed E-state index contributed by atoms with van der Waals surface area (Å²) in [6, 6.07) is -0.359. The van der Waals surface area contributed by atoms with Crippen molar-refractivity contribution in [2.24, 2.45) is 11.8 Å². The molecule has 86 valence electrons. The maximum Gasteiger partial charge on any atom is 0.250 e. The number of hydrazine groups is 1. The van der Waals surface area contributed by atoms with Crippen LogP contribution in [-0.4, -0.2) is 29.7 Å². The van der Waals surface area contributed by atoms with E-state index in [0.717, 1.165) is 6.42 Å². The number of carbonyl (C=O) groups is 1. The van der Waals surface area contributed by atoms with Crippen LogP contribution in [0.2, 0.25) is 0 Å². The molecule has 1 aliphatic rings. The molecule has 1 rings (SSSR count). The molecule has 5 N–H and O–H groups in total. The van der Waals surface area contributed by atoms with Gasteiger partial charge in [-0.2, -0.15) is 0 Å². The summed E-state index contributed by atoms with van der Waals surface area (Å²) in [5.41, 5.74) is 2.49. The average molecular weight is 213 g/mol. The lowest BCUT2D eigenvalue weighted by Gasteiger charge is -2.21. The first-order chi connectivity index (χ1) is 7.19. The fourth-order valence-corrected chi connectivity index (χ4v) is 1.46. The van der Waals surface area contributed by atoms with Crippen molar-refractivity contribution in [1.82, 2.24) is 10.7 Å². The summed E-state index contributed by atoms with van der Waals surface area (Å²) in [4.78, 5) is 11.4. The van der Waals surface area contributed by atoms with Crippen molar-refractivity contribution in [2.75, 3.05) is 6.54 Å². The largest absolute Gasteiger partial charge is 0.382 e. The summed E-state index contributed by atoms with van der Waals surface area (Å²) in [5, 5.41) is 12.2. The van der Waals surface area contributed by atoms with Crippen LogP contribution in [0.4, 0.5) is 0 Å². The topological polar surface area (TPSA) is 87.4 Å². The van der Waals surface area contributed by atoms with E-state index in [0.29, 0.717) is 12.5 Å². The van der Waals surface area contributed by atoms with E-state index >= 15 is 0 Å². The zero-order chi connectivity index (χ0) is 11.3. The Balaban J connectivity index is 2.35. The van der Waals surface area contributed by atoms with Crippen molar-refractivity contribution in [2.45, 2.75) is 31.4 Å². The van der Waals surface area contributed by atoms with Crippen molar-refractivity contribution in [1.29, 1.82) is 0 Å². The number of amides is 1. The minimum absolute atomic E-state index is 0.358. The normalized spacial score (nSPS) is 19.3. The number of nitrogens with one attached hydrogen (secondary N) is 2. The molecular weight excluding hydrogens is 194 g/mol. The Morgan fingerprint density at radius 3 is 2.80 bits per heavy atom. The highest BCUT2D eigenvalue weighted by Gasteiger charge is 2.31. The Bertz CT molecular complexity index is 229. The molecule has 0 spiro atoms. The fraction of sp³-hybridized carbons (Fsp3) is 0.700. The quantitative estimate of drug-likeness (QED) is 0.255. The second-order valence-electron chi connectivity index (χ2n) is 3.93. The SMILES string of the molecule is C=CCNC(=O)C(O)C(CC1CC1)NN. The van der Waals surface area contributed by atoms with Crippen LogP contribution in [0.1, 0.15) is 19.3 Å². The summed E-state index contributed by atoms with van der Waals surface area (Å²) < 4.78 is 0. The molecular formula is C10H19N3O2. The van der Waals surface area contributed by atoms with Crippen LogP contribution in [0.15, 0.2) is 12.7 Å². The van der Waals surface area contributed by atoms with Gasteiger partial charge in [0.2, 0.25) is 0 Å². The molecule has 0 aromatic heterocycles. The molecule has 2 atom stereocenters. The van der Waals surface area contributed by atoms with E-state index in [1.165, 1.54) is 12.8 Å².